The standard InChI is InChI=1S/C12H18N2/c1-9-4-3-5-11(9)14-12-8-13-7-6-10(12)2/h6-9,11,14H,3-5H2,1-2H3/t9-,11+/m1/s1. The zero-order valence-corrected chi connectivity index (χ0v) is 8.96. The molecule has 14 heavy (non-hydrogen) atoms. The van der Waals surface area contributed by atoms with Gasteiger partial charge in [0.25, 0.3) is 0 Å². The highest BCUT2D eigenvalue weighted by Gasteiger charge is 2.23. The topological polar surface area (TPSA) is 24.9 Å². The highest BCUT2D eigenvalue weighted by Crippen LogP contribution is 2.28. The molecule has 76 valence electrons. The molecule has 1 fully saturated rings. The van der Waals surface area contributed by atoms with Crippen LogP contribution in [0.4, 0.5) is 5.69 Å². The number of hydrogen-bond donors (Lipinski definition) is 1. The summed E-state index contributed by atoms with van der Waals surface area (Å²) < 4.78 is 0. The lowest BCUT2D eigenvalue weighted by molar-refractivity contribution is 0.556. The molecular weight excluding hydrogens is 172 g/mol. The van der Waals surface area contributed by atoms with Gasteiger partial charge in [0, 0.05) is 12.2 Å². The monoisotopic (exact) mass is 190 g/mol. The second-order valence-corrected chi connectivity index (χ2v) is 4.35. The van der Waals surface area contributed by atoms with Crippen molar-refractivity contribution in [3.8, 4) is 0 Å². The molecule has 0 unspecified atom stereocenters. The molecule has 0 amide bonds. The van der Waals surface area contributed by atoms with Gasteiger partial charge in [-0.25, -0.2) is 0 Å². The molecule has 0 saturated heterocycles. The van der Waals surface area contributed by atoms with Gasteiger partial charge in [0.1, 0.15) is 0 Å². The lowest BCUT2D eigenvalue weighted by atomic mass is 10.1. The van der Waals surface area contributed by atoms with E-state index in [0.29, 0.717) is 6.04 Å². The highest BCUT2D eigenvalue weighted by atomic mass is 14.9. The maximum atomic E-state index is 4.15. The molecule has 1 aliphatic carbocycles. The normalized spacial score (nSPS) is 26.4. The summed E-state index contributed by atoms with van der Waals surface area (Å²) >= 11 is 0. The van der Waals surface area contributed by atoms with Gasteiger partial charge in [-0.3, -0.25) is 4.98 Å². The number of aromatic nitrogens is 1. The van der Waals surface area contributed by atoms with Crippen LogP contribution in [-0.2, 0) is 0 Å². The first-order valence-electron chi connectivity index (χ1n) is 5.44. The van der Waals surface area contributed by atoms with E-state index in [2.05, 4.69) is 30.2 Å². The summed E-state index contributed by atoms with van der Waals surface area (Å²) in [6.45, 7) is 4.46. The van der Waals surface area contributed by atoms with Crippen LogP contribution < -0.4 is 5.32 Å². The van der Waals surface area contributed by atoms with E-state index in [1.807, 2.05) is 12.4 Å². The van der Waals surface area contributed by atoms with Crippen LogP contribution in [0.25, 0.3) is 0 Å². The fourth-order valence-corrected chi connectivity index (χ4v) is 2.17. The Bertz CT molecular complexity index is 309. The lowest BCUT2D eigenvalue weighted by Crippen LogP contribution is -2.22. The summed E-state index contributed by atoms with van der Waals surface area (Å²) in [6.07, 6.45) is 7.80. The van der Waals surface area contributed by atoms with Gasteiger partial charge in [-0.05, 0) is 37.3 Å². The van der Waals surface area contributed by atoms with Gasteiger partial charge in [-0.15, -0.1) is 0 Å². The van der Waals surface area contributed by atoms with Crippen molar-refractivity contribution in [2.75, 3.05) is 5.32 Å². The first-order valence-corrected chi connectivity index (χ1v) is 5.44. The lowest BCUT2D eigenvalue weighted by Gasteiger charge is -2.19. The van der Waals surface area contributed by atoms with E-state index in [0.717, 1.165) is 5.92 Å². The van der Waals surface area contributed by atoms with E-state index in [9.17, 15) is 0 Å². The predicted octanol–water partition coefficient (Wildman–Crippen LogP) is 2.99. The number of rotatable bonds is 2. The third-order valence-electron chi connectivity index (χ3n) is 3.24. The molecule has 0 radical (unpaired) electrons. The van der Waals surface area contributed by atoms with Crippen molar-refractivity contribution in [3.05, 3.63) is 24.0 Å². The molecule has 0 aliphatic heterocycles. The Morgan fingerprint density at radius 2 is 2.29 bits per heavy atom. The number of nitrogens with one attached hydrogen (secondary N) is 1. The molecule has 0 bridgehead atoms. The van der Waals surface area contributed by atoms with Crippen molar-refractivity contribution >= 4 is 5.69 Å². The van der Waals surface area contributed by atoms with Gasteiger partial charge in [0.2, 0.25) is 0 Å². The van der Waals surface area contributed by atoms with E-state index in [-0.39, 0.29) is 0 Å². The second kappa shape index (κ2) is 3.99. The molecule has 2 atom stereocenters. The van der Waals surface area contributed by atoms with E-state index in [1.165, 1.54) is 30.5 Å². The fraction of sp³-hybridized carbons (Fsp3) is 0.583. The van der Waals surface area contributed by atoms with Crippen molar-refractivity contribution in [2.24, 2.45) is 5.92 Å². The summed E-state index contributed by atoms with van der Waals surface area (Å²) in [4.78, 5) is 4.15. The first kappa shape index (κ1) is 9.50. The van der Waals surface area contributed by atoms with E-state index in [4.69, 9.17) is 0 Å². The van der Waals surface area contributed by atoms with Crippen LogP contribution in [0.2, 0.25) is 0 Å². The van der Waals surface area contributed by atoms with Gasteiger partial charge in [-0.2, -0.15) is 0 Å². The summed E-state index contributed by atoms with van der Waals surface area (Å²) in [6, 6.07) is 2.71. The average Bonchev–Trinajstić information content (AvgIpc) is 2.56. The first-order chi connectivity index (χ1) is 6.77. The third-order valence-corrected chi connectivity index (χ3v) is 3.24. The maximum Gasteiger partial charge on any atom is 0.0558 e. The van der Waals surface area contributed by atoms with Gasteiger partial charge in [0.15, 0.2) is 0 Å². The highest BCUT2D eigenvalue weighted by molar-refractivity contribution is 5.48. The Morgan fingerprint density at radius 3 is 2.93 bits per heavy atom. The molecule has 1 heterocycles. The summed E-state index contributed by atoms with van der Waals surface area (Å²) in [5.41, 5.74) is 2.49. The van der Waals surface area contributed by atoms with Crippen LogP contribution in [-0.4, -0.2) is 11.0 Å². The van der Waals surface area contributed by atoms with Crippen LogP contribution in [0.3, 0.4) is 0 Å². The zero-order chi connectivity index (χ0) is 9.97. The minimum atomic E-state index is 0.651. The Morgan fingerprint density at radius 1 is 1.43 bits per heavy atom. The molecule has 2 rings (SSSR count). The van der Waals surface area contributed by atoms with Crippen LogP contribution in [0.1, 0.15) is 31.7 Å². The Kier molecular flexibility index (Phi) is 2.71. The van der Waals surface area contributed by atoms with E-state index < -0.39 is 0 Å². The van der Waals surface area contributed by atoms with Gasteiger partial charge in [-0.1, -0.05) is 13.3 Å². The summed E-state index contributed by atoms with van der Waals surface area (Å²) in [5, 5.41) is 3.60. The van der Waals surface area contributed by atoms with Gasteiger partial charge in [0.05, 0.1) is 11.9 Å². The number of hydrogen-bond acceptors (Lipinski definition) is 2. The molecule has 2 nitrogen and oxygen atoms in total. The summed E-state index contributed by atoms with van der Waals surface area (Å²) in [7, 11) is 0. The molecule has 0 spiro atoms. The van der Waals surface area contributed by atoms with Gasteiger partial charge >= 0.3 is 0 Å². The molecular formula is C12H18N2. The van der Waals surface area contributed by atoms with Crippen LogP contribution in [0.5, 0.6) is 0 Å². The van der Waals surface area contributed by atoms with Gasteiger partial charge < -0.3 is 5.32 Å². The van der Waals surface area contributed by atoms with Crippen LogP contribution in [0.15, 0.2) is 18.5 Å². The van der Waals surface area contributed by atoms with Crippen molar-refractivity contribution < 1.29 is 0 Å². The minimum absolute atomic E-state index is 0.651. The van der Waals surface area contributed by atoms with Crippen molar-refractivity contribution in [2.45, 2.75) is 39.2 Å². The Balaban J connectivity index is 2.07. The smallest absolute Gasteiger partial charge is 0.0558 e. The Hall–Kier alpha value is -1.05. The molecule has 1 aromatic heterocycles. The van der Waals surface area contributed by atoms with E-state index in [1.54, 1.807) is 0 Å². The quantitative estimate of drug-likeness (QED) is 0.775. The number of nitrogens with zero attached hydrogens (tertiary/aromatic N) is 1. The van der Waals surface area contributed by atoms with Crippen molar-refractivity contribution in [3.63, 3.8) is 0 Å². The van der Waals surface area contributed by atoms with Crippen molar-refractivity contribution in [1.29, 1.82) is 0 Å². The summed E-state index contributed by atoms with van der Waals surface area (Å²) in [5.74, 6) is 0.801. The fourth-order valence-electron chi connectivity index (χ4n) is 2.17. The van der Waals surface area contributed by atoms with Crippen molar-refractivity contribution in [1.82, 2.24) is 4.98 Å². The number of anilines is 1. The Labute approximate surface area is 85.7 Å². The third kappa shape index (κ3) is 1.89. The maximum absolute atomic E-state index is 4.15. The van der Waals surface area contributed by atoms with Crippen LogP contribution >= 0.6 is 0 Å². The molecule has 1 aromatic rings. The predicted molar refractivity (Wildman–Crippen MR) is 59.4 cm³/mol. The largest absolute Gasteiger partial charge is 0.381 e. The average molecular weight is 190 g/mol. The van der Waals surface area contributed by atoms with Crippen LogP contribution in [0, 0.1) is 12.8 Å². The molecule has 2 heteroatoms. The minimum Gasteiger partial charge on any atom is -0.381 e. The number of aryl methyl sites for hydroxylation is 1. The number of pyridine rings is 1. The molecule has 1 N–H and O–H groups in total. The molecule has 1 saturated carbocycles. The van der Waals surface area contributed by atoms with E-state index >= 15 is 0 Å². The second-order valence-electron chi connectivity index (χ2n) is 4.35. The molecule has 0 aromatic carbocycles. The SMILES string of the molecule is Cc1ccncc1N[C@H]1CCC[C@H]1C. The zero-order valence-electron chi connectivity index (χ0n) is 8.96. The molecule has 1 aliphatic rings.